The zero-order valence-corrected chi connectivity index (χ0v) is 17.2. The van der Waals surface area contributed by atoms with Crippen LogP contribution in [0.15, 0.2) is 42.7 Å². The van der Waals surface area contributed by atoms with Gasteiger partial charge in [-0.2, -0.15) is 0 Å². The molecule has 1 heterocycles. The summed E-state index contributed by atoms with van der Waals surface area (Å²) in [7, 11) is 1.77. The number of rotatable bonds is 4. The molecule has 2 fully saturated rings. The average Bonchev–Trinajstić information content (AvgIpc) is 3.08. The molecule has 2 aromatic rings. The fourth-order valence-electron chi connectivity index (χ4n) is 6.76. The highest BCUT2D eigenvalue weighted by Gasteiger charge is 2.54. The van der Waals surface area contributed by atoms with Crippen LogP contribution in [0.4, 0.5) is 0 Å². The van der Waals surface area contributed by atoms with Gasteiger partial charge in [0.05, 0.1) is 7.11 Å². The van der Waals surface area contributed by atoms with E-state index in [2.05, 4.69) is 47.6 Å². The highest BCUT2D eigenvalue weighted by molar-refractivity contribution is 5.40. The van der Waals surface area contributed by atoms with E-state index in [-0.39, 0.29) is 0 Å². The molecule has 0 spiro atoms. The average molecular weight is 377 g/mol. The molecule has 3 unspecified atom stereocenters. The summed E-state index contributed by atoms with van der Waals surface area (Å²) in [5.74, 6) is 3.48. The minimum atomic E-state index is 0.443. The predicted octanol–water partition coefficient (Wildman–Crippen LogP) is 5.10. The van der Waals surface area contributed by atoms with Crippen molar-refractivity contribution in [3.63, 3.8) is 0 Å². The number of nitrogens with one attached hydrogen (secondary N) is 1. The van der Waals surface area contributed by atoms with Gasteiger partial charge >= 0.3 is 0 Å². The molecular weight excluding hydrogens is 344 g/mol. The van der Waals surface area contributed by atoms with Crippen molar-refractivity contribution in [2.75, 3.05) is 7.11 Å². The molecule has 1 N–H and O–H groups in total. The fraction of sp³-hybridized carbons (Fsp3) is 0.560. The van der Waals surface area contributed by atoms with E-state index in [0.29, 0.717) is 11.5 Å². The van der Waals surface area contributed by atoms with E-state index in [1.54, 1.807) is 12.7 Å². The maximum atomic E-state index is 5.47. The van der Waals surface area contributed by atoms with Crippen molar-refractivity contribution in [3.8, 4) is 5.75 Å². The van der Waals surface area contributed by atoms with E-state index >= 15 is 0 Å². The Morgan fingerprint density at radius 1 is 1.11 bits per heavy atom. The number of hydrogen-bond donors (Lipinski definition) is 1. The minimum Gasteiger partial charge on any atom is -0.497 e. The third kappa shape index (κ3) is 2.95. The molecule has 5 rings (SSSR count). The van der Waals surface area contributed by atoms with Gasteiger partial charge in [0.2, 0.25) is 0 Å². The van der Waals surface area contributed by atoms with Gasteiger partial charge in [-0.1, -0.05) is 13.0 Å². The molecule has 0 radical (unpaired) electrons. The van der Waals surface area contributed by atoms with Crippen LogP contribution in [0.25, 0.3) is 0 Å². The standard InChI is InChI=1S/C25H32N2O/c1-25-12-9-21-20-6-4-19(28-2)15-18(20)3-5-22(21)23(25)7-8-24(25)27-16-17-10-13-26-14-11-17/h4,6,10-11,13-15,21-24,27H,3,5,7-9,12,16H2,1-2H3/t21?,22?,23?,24-,25-/m0/s1. The van der Waals surface area contributed by atoms with Crippen molar-refractivity contribution in [2.45, 2.75) is 64.0 Å². The van der Waals surface area contributed by atoms with Crippen molar-refractivity contribution >= 4 is 0 Å². The van der Waals surface area contributed by atoms with Crippen LogP contribution in [-0.4, -0.2) is 18.1 Å². The second-order valence-corrected chi connectivity index (χ2v) is 9.39. The molecule has 1 aromatic carbocycles. The maximum absolute atomic E-state index is 5.47. The Hall–Kier alpha value is -1.87. The third-order valence-electron chi connectivity index (χ3n) is 8.24. The Balaban J connectivity index is 1.33. The molecule has 3 aliphatic rings. The Morgan fingerprint density at radius 2 is 1.96 bits per heavy atom. The number of pyridine rings is 1. The molecule has 28 heavy (non-hydrogen) atoms. The van der Waals surface area contributed by atoms with E-state index in [0.717, 1.165) is 30.0 Å². The van der Waals surface area contributed by atoms with Crippen LogP contribution in [0, 0.1) is 17.3 Å². The molecule has 3 nitrogen and oxygen atoms in total. The van der Waals surface area contributed by atoms with Gasteiger partial charge < -0.3 is 10.1 Å². The van der Waals surface area contributed by atoms with E-state index < -0.39 is 0 Å². The van der Waals surface area contributed by atoms with E-state index in [9.17, 15) is 0 Å². The highest BCUT2D eigenvalue weighted by atomic mass is 16.5. The summed E-state index contributed by atoms with van der Waals surface area (Å²) in [5.41, 5.74) is 4.94. The van der Waals surface area contributed by atoms with Crippen molar-refractivity contribution < 1.29 is 4.74 Å². The number of ether oxygens (including phenoxy) is 1. The van der Waals surface area contributed by atoms with Crippen LogP contribution in [0.1, 0.15) is 61.6 Å². The summed E-state index contributed by atoms with van der Waals surface area (Å²) in [5, 5.41) is 3.92. The lowest BCUT2D eigenvalue weighted by atomic mass is 9.55. The van der Waals surface area contributed by atoms with Gasteiger partial charge in [0, 0.05) is 25.0 Å². The van der Waals surface area contributed by atoms with Crippen LogP contribution in [-0.2, 0) is 13.0 Å². The van der Waals surface area contributed by atoms with Gasteiger partial charge in [-0.25, -0.2) is 0 Å². The largest absolute Gasteiger partial charge is 0.497 e. The molecule has 0 saturated heterocycles. The summed E-state index contributed by atoms with van der Waals surface area (Å²) in [4.78, 5) is 4.14. The molecule has 1 aromatic heterocycles. The van der Waals surface area contributed by atoms with E-state index in [1.807, 2.05) is 12.4 Å². The monoisotopic (exact) mass is 376 g/mol. The number of benzene rings is 1. The fourth-order valence-corrected chi connectivity index (χ4v) is 6.76. The molecule has 3 heteroatoms. The third-order valence-corrected chi connectivity index (χ3v) is 8.24. The first-order valence-electron chi connectivity index (χ1n) is 11.0. The molecule has 2 saturated carbocycles. The lowest BCUT2D eigenvalue weighted by Gasteiger charge is -2.51. The molecular formula is C25H32N2O. The highest BCUT2D eigenvalue weighted by Crippen LogP contribution is 2.61. The first-order valence-corrected chi connectivity index (χ1v) is 11.0. The summed E-state index contributed by atoms with van der Waals surface area (Å²) in [6.45, 7) is 3.54. The number of aryl methyl sites for hydroxylation is 1. The zero-order valence-electron chi connectivity index (χ0n) is 17.2. The van der Waals surface area contributed by atoms with Gasteiger partial charge in [-0.15, -0.1) is 0 Å². The number of fused-ring (bicyclic) bond motifs is 5. The van der Waals surface area contributed by atoms with Gasteiger partial charge in [-0.3, -0.25) is 4.98 Å². The maximum Gasteiger partial charge on any atom is 0.119 e. The Bertz CT molecular complexity index is 836. The molecule has 148 valence electrons. The quantitative estimate of drug-likeness (QED) is 0.806. The van der Waals surface area contributed by atoms with Crippen LogP contribution in [0.2, 0.25) is 0 Å². The first-order chi connectivity index (χ1) is 13.7. The van der Waals surface area contributed by atoms with Gasteiger partial charge in [-0.05, 0) is 103 Å². The molecule has 5 atom stereocenters. The Morgan fingerprint density at radius 3 is 2.79 bits per heavy atom. The van der Waals surface area contributed by atoms with Crippen LogP contribution < -0.4 is 10.1 Å². The Labute approximate surface area is 168 Å². The number of methoxy groups -OCH3 is 1. The van der Waals surface area contributed by atoms with Gasteiger partial charge in [0.1, 0.15) is 5.75 Å². The first kappa shape index (κ1) is 18.2. The lowest BCUT2D eigenvalue weighted by Crippen LogP contribution is -2.48. The summed E-state index contributed by atoms with van der Waals surface area (Å²) in [6, 6.07) is 11.7. The zero-order chi connectivity index (χ0) is 19.1. The number of hydrogen-bond acceptors (Lipinski definition) is 3. The topological polar surface area (TPSA) is 34.1 Å². The summed E-state index contributed by atoms with van der Waals surface area (Å²) in [6.07, 6.45) is 11.8. The second-order valence-electron chi connectivity index (χ2n) is 9.39. The van der Waals surface area contributed by atoms with Gasteiger partial charge in [0.15, 0.2) is 0 Å². The second kappa shape index (κ2) is 7.18. The number of nitrogens with zero attached hydrogens (tertiary/aromatic N) is 1. The Kier molecular flexibility index (Phi) is 4.66. The normalized spacial score (nSPS) is 33.6. The SMILES string of the molecule is COc1ccc2c(c1)CCC1C2CC[C@@]2(C)C1CC[C@@H]2NCc1ccncc1. The van der Waals surface area contributed by atoms with E-state index in [4.69, 9.17) is 4.74 Å². The van der Waals surface area contributed by atoms with Crippen molar-refractivity contribution in [1.82, 2.24) is 10.3 Å². The number of aromatic nitrogens is 1. The van der Waals surface area contributed by atoms with E-state index in [1.165, 1.54) is 49.7 Å². The van der Waals surface area contributed by atoms with Crippen molar-refractivity contribution in [1.29, 1.82) is 0 Å². The molecule has 0 aliphatic heterocycles. The summed E-state index contributed by atoms with van der Waals surface area (Å²) < 4.78 is 5.47. The van der Waals surface area contributed by atoms with Crippen LogP contribution >= 0.6 is 0 Å². The van der Waals surface area contributed by atoms with Crippen LogP contribution in [0.5, 0.6) is 5.75 Å². The van der Waals surface area contributed by atoms with Crippen molar-refractivity contribution in [3.05, 3.63) is 59.4 Å². The molecule has 0 bridgehead atoms. The molecule has 3 aliphatic carbocycles. The molecule has 0 amide bonds. The van der Waals surface area contributed by atoms with Crippen LogP contribution in [0.3, 0.4) is 0 Å². The predicted molar refractivity (Wildman–Crippen MR) is 112 cm³/mol. The van der Waals surface area contributed by atoms with Crippen molar-refractivity contribution in [2.24, 2.45) is 17.3 Å². The lowest BCUT2D eigenvalue weighted by molar-refractivity contribution is 0.0408. The smallest absolute Gasteiger partial charge is 0.119 e. The van der Waals surface area contributed by atoms with Gasteiger partial charge in [0.25, 0.3) is 0 Å². The minimum absolute atomic E-state index is 0.443. The summed E-state index contributed by atoms with van der Waals surface area (Å²) >= 11 is 0.